The molecule has 300 valence electrons. The van der Waals surface area contributed by atoms with Gasteiger partial charge in [0.1, 0.15) is 11.2 Å². The zero-order valence-corrected chi connectivity index (χ0v) is 34.1. The molecule has 0 aromatic heterocycles. The van der Waals surface area contributed by atoms with E-state index in [4.69, 9.17) is 28.4 Å². The summed E-state index contributed by atoms with van der Waals surface area (Å²) in [6.07, 6.45) is -1.03. The van der Waals surface area contributed by atoms with Crippen LogP contribution in [0.25, 0.3) is 0 Å². The Balaban J connectivity index is 1.80. The minimum Gasteiger partial charge on any atom is -0.444 e. The van der Waals surface area contributed by atoms with Crippen LogP contribution >= 0.6 is 22.6 Å². The van der Waals surface area contributed by atoms with Gasteiger partial charge in [0.05, 0.1) is 52.9 Å². The van der Waals surface area contributed by atoms with Crippen molar-refractivity contribution in [1.29, 1.82) is 0 Å². The van der Waals surface area contributed by atoms with E-state index in [0.717, 1.165) is 3.57 Å². The van der Waals surface area contributed by atoms with Crippen molar-refractivity contribution in [3.63, 3.8) is 0 Å². The maximum absolute atomic E-state index is 13.1. The van der Waals surface area contributed by atoms with Gasteiger partial charge in [-0.25, -0.2) is 9.59 Å². The summed E-state index contributed by atoms with van der Waals surface area (Å²) in [6, 6.07) is 11.4. The molecule has 0 bridgehead atoms. The fourth-order valence-corrected chi connectivity index (χ4v) is 4.53. The first-order chi connectivity index (χ1) is 25.5. The van der Waals surface area contributed by atoms with Gasteiger partial charge < -0.3 is 55.0 Å². The van der Waals surface area contributed by atoms with Gasteiger partial charge in [0.15, 0.2) is 0 Å². The molecule has 0 spiro atoms. The molecule has 2 rings (SSSR count). The number of ether oxygens (including phenoxy) is 6. The summed E-state index contributed by atoms with van der Waals surface area (Å²) in [5.74, 6) is -1.33. The minimum atomic E-state index is -0.577. The molecule has 0 aliphatic rings. The Morgan fingerprint density at radius 2 is 0.870 bits per heavy atom. The SMILES string of the molecule is CC(C)(C)OC(=O)NCCOCCOCCNC(=O)c1cc(NC(=O)c2ccc(I)cc2)cc(C(=O)NCCOCCOCCNC(=O)OC(C)(C)C)c1. The van der Waals surface area contributed by atoms with E-state index in [2.05, 4.69) is 49.2 Å². The lowest BCUT2D eigenvalue weighted by atomic mass is 10.1. The number of amides is 5. The van der Waals surface area contributed by atoms with Gasteiger partial charge in [-0.1, -0.05) is 0 Å². The topological polar surface area (TPSA) is 201 Å². The second kappa shape index (κ2) is 24.4. The molecule has 0 saturated carbocycles. The van der Waals surface area contributed by atoms with Crippen molar-refractivity contribution in [3.05, 3.63) is 62.7 Å². The van der Waals surface area contributed by atoms with Crippen LogP contribution in [-0.4, -0.2) is 120 Å². The standard InChI is InChI=1S/C37H54IN5O11/c1-36(2,3)53-34(47)41-13-17-51-21-19-49-15-11-39-31(44)27-23-28(25-30(24-27)43-33(46)26-7-9-29(38)10-8-26)32(45)40-12-16-50-20-22-52-18-14-42-35(48)54-37(4,5)6/h7-10,23-25H,11-22H2,1-6H3,(H,39,44)(H,40,45)(H,41,47)(H,42,48)(H,43,46). The molecule has 0 heterocycles. The van der Waals surface area contributed by atoms with E-state index in [-0.39, 0.29) is 82.6 Å². The van der Waals surface area contributed by atoms with E-state index in [1.165, 1.54) is 18.2 Å². The van der Waals surface area contributed by atoms with E-state index in [1.807, 2.05) is 0 Å². The zero-order valence-electron chi connectivity index (χ0n) is 31.9. The number of anilines is 1. The summed E-state index contributed by atoms with van der Waals surface area (Å²) >= 11 is 2.14. The van der Waals surface area contributed by atoms with Crippen molar-refractivity contribution < 1.29 is 52.4 Å². The molecule has 0 fully saturated rings. The predicted molar refractivity (Wildman–Crippen MR) is 210 cm³/mol. The summed E-state index contributed by atoms with van der Waals surface area (Å²) < 4.78 is 33.2. The Bertz CT molecular complexity index is 1420. The lowest BCUT2D eigenvalue weighted by molar-refractivity contribution is 0.0396. The number of alkyl carbamates (subject to hydrolysis) is 2. The Kier molecular flexibility index (Phi) is 20.8. The molecule has 0 unspecified atom stereocenters. The number of hydrogen-bond donors (Lipinski definition) is 5. The summed E-state index contributed by atoms with van der Waals surface area (Å²) in [5, 5.41) is 13.5. The van der Waals surface area contributed by atoms with Crippen LogP contribution in [0.15, 0.2) is 42.5 Å². The fourth-order valence-electron chi connectivity index (χ4n) is 4.17. The molecule has 0 radical (unpaired) electrons. The lowest BCUT2D eigenvalue weighted by Gasteiger charge is -2.19. The zero-order chi connectivity index (χ0) is 40.0. The van der Waals surface area contributed by atoms with Gasteiger partial charge >= 0.3 is 12.2 Å². The second-order valence-corrected chi connectivity index (χ2v) is 14.8. The Labute approximate surface area is 330 Å². The summed E-state index contributed by atoms with van der Waals surface area (Å²) in [7, 11) is 0. The summed E-state index contributed by atoms with van der Waals surface area (Å²) in [4.78, 5) is 62.4. The Morgan fingerprint density at radius 3 is 1.24 bits per heavy atom. The highest BCUT2D eigenvalue weighted by atomic mass is 127. The molecular weight excluding hydrogens is 817 g/mol. The van der Waals surface area contributed by atoms with Crippen LogP contribution in [0.5, 0.6) is 0 Å². The molecule has 0 aliphatic carbocycles. The second-order valence-electron chi connectivity index (χ2n) is 13.6. The van der Waals surface area contributed by atoms with Gasteiger partial charge in [-0.2, -0.15) is 0 Å². The maximum atomic E-state index is 13.1. The first-order valence-electron chi connectivity index (χ1n) is 17.6. The van der Waals surface area contributed by atoms with Crippen molar-refractivity contribution in [1.82, 2.24) is 21.3 Å². The van der Waals surface area contributed by atoms with Gasteiger partial charge in [-0.05, 0) is 107 Å². The number of rotatable bonds is 22. The average molecular weight is 872 g/mol. The van der Waals surface area contributed by atoms with Crippen LogP contribution in [0.2, 0.25) is 0 Å². The van der Waals surface area contributed by atoms with Crippen molar-refractivity contribution in [2.75, 3.05) is 84.4 Å². The molecule has 0 saturated heterocycles. The van der Waals surface area contributed by atoms with Crippen LogP contribution in [0.1, 0.15) is 72.6 Å². The largest absolute Gasteiger partial charge is 0.444 e. The molecule has 0 atom stereocenters. The number of hydrogen-bond acceptors (Lipinski definition) is 11. The third-order valence-corrected chi connectivity index (χ3v) is 7.18. The predicted octanol–water partition coefficient (Wildman–Crippen LogP) is 4.12. The van der Waals surface area contributed by atoms with Gasteiger partial charge in [0.25, 0.3) is 17.7 Å². The highest BCUT2D eigenvalue weighted by molar-refractivity contribution is 14.1. The summed E-state index contributed by atoms with van der Waals surface area (Å²) in [5.41, 5.74) is -0.150. The average Bonchev–Trinajstić information content (AvgIpc) is 3.08. The van der Waals surface area contributed by atoms with Gasteiger partial charge in [-0.15, -0.1) is 0 Å². The smallest absolute Gasteiger partial charge is 0.407 e. The number of carbonyl (C=O) groups is 5. The van der Waals surface area contributed by atoms with Gasteiger partial charge in [0, 0.05) is 52.1 Å². The van der Waals surface area contributed by atoms with Crippen molar-refractivity contribution in [3.8, 4) is 0 Å². The van der Waals surface area contributed by atoms with Crippen LogP contribution in [0.4, 0.5) is 15.3 Å². The number of nitrogens with one attached hydrogen (secondary N) is 5. The first-order valence-corrected chi connectivity index (χ1v) is 18.6. The van der Waals surface area contributed by atoms with Crippen LogP contribution < -0.4 is 26.6 Å². The van der Waals surface area contributed by atoms with E-state index >= 15 is 0 Å². The van der Waals surface area contributed by atoms with E-state index in [0.29, 0.717) is 18.8 Å². The molecule has 2 aromatic carbocycles. The molecule has 17 heteroatoms. The third-order valence-electron chi connectivity index (χ3n) is 6.46. The number of benzene rings is 2. The van der Waals surface area contributed by atoms with E-state index in [9.17, 15) is 24.0 Å². The minimum absolute atomic E-state index is 0.163. The highest BCUT2D eigenvalue weighted by Crippen LogP contribution is 2.18. The molecule has 5 amide bonds. The first kappa shape index (κ1) is 46.1. The lowest BCUT2D eigenvalue weighted by Crippen LogP contribution is -2.34. The highest BCUT2D eigenvalue weighted by Gasteiger charge is 2.17. The quantitative estimate of drug-likeness (QED) is 0.0843. The molecule has 5 N–H and O–H groups in total. The van der Waals surface area contributed by atoms with Gasteiger partial charge in [0.2, 0.25) is 0 Å². The molecule has 2 aromatic rings. The molecule has 0 aliphatic heterocycles. The number of halogens is 1. The van der Waals surface area contributed by atoms with Gasteiger partial charge in [-0.3, -0.25) is 14.4 Å². The van der Waals surface area contributed by atoms with E-state index in [1.54, 1.807) is 65.8 Å². The third kappa shape index (κ3) is 21.6. The normalized spacial score (nSPS) is 11.3. The molecule has 16 nitrogen and oxygen atoms in total. The van der Waals surface area contributed by atoms with Crippen LogP contribution in [-0.2, 0) is 28.4 Å². The molecular formula is C37H54IN5O11. The molecule has 54 heavy (non-hydrogen) atoms. The van der Waals surface area contributed by atoms with Crippen LogP contribution in [0, 0.1) is 3.57 Å². The fraction of sp³-hybridized carbons (Fsp3) is 0.541. The summed E-state index contributed by atoms with van der Waals surface area (Å²) in [6.45, 7) is 13.7. The number of carbonyl (C=O) groups excluding carboxylic acids is 5. The van der Waals surface area contributed by atoms with E-state index < -0.39 is 41.1 Å². The Hall–Kier alpha value is -4.04. The van der Waals surface area contributed by atoms with Crippen molar-refractivity contribution >= 4 is 58.2 Å². The van der Waals surface area contributed by atoms with Crippen LogP contribution in [0.3, 0.4) is 0 Å². The monoisotopic (exact) mass is 871 g/mol. The van der Waals surface area contributed by atoms with Crippen molar-refractivity contribution in [2.45, 2.75) is 52.7 Å². The maximum Gasteiger partial charge on any atom is 0.407 e. The Morgan fingerprint density at radius 1 is 0.500 bits per heavy atom. The van der Waals surface area contributed by atoms with Crippen molar-refractivity contribution in [2.24, 2.45) is 0 Å².